The second-order valence-electron chi connectivity index (χ2n) is 7.02. The molecule has 0 saturated carbocycles. The Morgan fingerprint density at radius 2 is 1.42 bits per heavy atom. The highest BCUT2D eigenvalue weighted by Crippen LogP contribution is 2.21. The number of likely N-dealkylation sites (tertiary alicyclic amines) is 1. The summed E-state index contributed by atoms with van der Waals surface area (Å²) in [5, 5.41) is 3.68. The molecule has 5 heteroatoms. The summed E-state index contributed by atoms with van der Waals surface area (Å²) < 4.78 is 22.8. The van der Waals surface area contributed by atoms with Crippen LogP contribution in [0.2, 0.25) is 0 Å². The molecule has 19 heavy (non-hydrogen) atoms. The first-order chi connectivity index (χ1) is 8.76. The normalized spacial score (nSPS) is 27.5. The highest BCUT2D eigenvalue weighted by molar-refractivity contribution is 7.91. The third kappa shape index (κ3) is 4.43. The van der Waals surface area contributed by atoms with Crippen LogP contribution in [0.1, 0.15) is 46.5 Å². The molecule has 0 aromatic heterocycles. The average molecular weight is 288 g/mol. The van der Waals surface area contributed by atoms with Crippen molar-refractivity contribution < 1.29 is 8.42 Å². The lowest BCUT2D eigenvalue weighted by Crippen LogP contribution is -2.52. The Hall–Kier alpha value is -0.130. The van der Waals surface area contributed by atoms with E-state index in [4.69, 9.17) is 0 Å². The number of piperidine rings is 1. The minimum atomic E-state index is -2.73. The number of nitrogens with zero attached hydrogens (tertiary/aromatic N) is 1. The smallest absolute Gasteiger partial charge is 0.150 e. The van der Waals surface area contributed by atoms with E-state index >= 15 is 0 Å². The molecule has 0 aromatic rings. The number of nitrogens with one attached hydrogen (secondary N) is 1. The molecule has 1 N–H and O–H groups in total. The number of sulfone groups is 1. The second-order valence-corrected chi connectivity index (χ2v) is 9.33. The summed E-state index contributed by atoms with van der Waals surface area (Å²) in [6.45, 7) is 9.10. The van der Waals surface area contributed by atoms with Crippen LogP contribution in [0.15, 0.2) is 0 Å². The molecule has 0 radical (unpaired) electrons. The van der Waals surface area contributed by atoms with Crippen molar-refractivity contribution in [3.05, 3.63) is 0 Å². The number of hydrogen-bond acceptors (Lipinski definition) is 4. The van der Waals surface area contributed by atoms with Gasteiger partial charge in [-0.25, -0.2) is 8.42 Å². The van der Waals surface area contributed by atoms with E-state index in [2.05, 4.69) is 31.0 Å². The van der Waals surface area contributed by atoms with Crippen molar-refractivity contribution in [1.29, 1.82) is 0 Å². The monoisotopic (exact) mass is 288 g/mol. The van der Waals surface area contributed by atoms with Crippen LogP contribution < -0.4 is 5.32 Å². The molecule has 0 unspecified atom stereocenters. The van der Waals surface area contributed by atoms with E-state index < -0.39 is 9.84 Å². The first-order valence-electron chi connectivity index (χ1n) is 7.48. The average Bonchev–Trinajstić information content (AvgIpc) is 2.31. The van der Waals surface area contributed by atoms with Gasteiger partial charge in [0.2, 0.25) is 0 Å². The minimum absolute atomic E-state index is 0.268. The molecule has 0 atom stereocenters. The first kappa shape index (κ1) is 15.3. The molecule has 4 nitrogen and oxygen atoms in total. The standard InChI is InChI=1S/C14H28N2O2S/c1-14(2,3)16-8-4-12(5-9-16)15-13-6-10-19(17,18)11-7-13/h12-13,15H,4-11H2,1-3H3. The second kappa shape index (κ2) is 5.70. The molecule has 0 aromatic carbocycles. The van der Waals surface area contributed by atoms with Gasteiger partial charge in [0.05, 0.1) is 11.5 Å². The zero-order valence-corrected chi connectivity index (χ0v) is 13.3. The molecule has 2 aliphatic heterocycles. The fraction of sp³-hybridized carbons (Fsp3) is 1.00. The Morgan fingerprint density at radius 1 is 0.947 bits per heavy atom. The molecule has 2 aliphatic rings. The van der Waals surface area contributed by atoms with Crippen LogP contribution in [0.25, 0.3) is 0 Å². The van der Waals surface area contributed by atoms with Gasteiger partial charge in [-0.05, 0) is 46.5 Å². The summed E-state index contributed by atoms with van der Waals surface area (Å²) >= 11 is 0. The van der Waals surface area contributed by atoms with Gasteiger partial charge < -0.3 is 5.32 Å². The van der Waals surface area contributed by atoms with Crippen molar-refractivity contribution in [2.24, 2.45) is 0 Å². The van der Waals surface area contributed by atoms with Crippen LogP contribution in [0.5, 0.6) is 0 Å². The summed E-state index contributed by atoms with van der Waals surface area (Å²) in [6, 6.07) is 0.985. The van der Waals surface area contributed by atoms with E-state index in [1.54, 1.807) is 0 Å². The molecule has 0 aliphatic carbocycles. The lowest BCUT2D eigenvalue weighted by Gasteiger charge is -2.42. The van der Waals surface area contributed by atoms with Crippen LogP contribution >= 0.6 is 0 Å². The van der Waals surface area contributed by atoms with Crippen molar-refractivity contribution in [3.63, 3.8) is 0 Å². The Balaban J connectivity index is 1.75. The maximum absolute atomic E-state index is 11.4. The Morgan fingerprint density at radius 3 is 1.89 bits per heavy atom. The predicted octanol–water partition coefficient (Wildman–Crippen LogP) is 1.42. The molecule has 2 rings (SSSR count). The molecule has 2 fully saturated rings. The van der Waals surface area contributed by atoms with Gasteiger partial charge in [0, 0.05) is 30.7 Å². The van der Waals surface area contributed by atoms with Crippen LogP contribution in [0, 0.1) is 0 Å². The summed E-state index contributed by atoms with van der Waals surface area (Å²) in [7, 11) is -2.73. The molecule has 2 heterocycles. The van der Waals surface area contributed by atoms with E-state index in [-0.39, 0.29) is 5.54 Å². The Kier molecular flexibility index (Phi) is 4.58. The zero-order chi connectivity index (χ0) is 14.1. The summed E-state index contributed by atoms with van der Waals surface area (Å²) in [4.78, 5) is 2.54. The third-order valence-corrected chi connectivity index (χ3v) is 6.19. The summed E-state index contributed by atoms with van der Waals surface area (Å²) in [6.07, 6.45) is 3.95. The fourth-order valence-electron chi connectivity index (χ4n) is 3.11. The van der Waals surface area contributed by atoms with Gasteiger partial charge in [0.15, 0.2) is 0 Å². The van der Waals surface area contributed by atoms with Crippen molar-refractivity contribution in [2.45, 2.75) is 64.1 Å². The number of hydrogen-bond donors (Lipinski definition) is 1. The van der Waals surface area contributed by atoms with Gasteiger partial charge in [-0.1, -0.05) is 0 Å². The molecule has 112 valence electrons. The first-order valence-corrected chi connectivity index (χ1v) is 9.30. The molecular weight excluding hydrogens is 260 g/mol. The van der Waals surface area contributed by atoms with Crippen molar-refractivity contribution in [2.75, 3.05) is 24.6 Å². The van der Waals surface area contributed by atoms with Crippen molar-refractivity contribution in [3.8, 4) is 0 Å². The van der Waals surface area contributed by atoms with Crippen LogP contribution in [-0.4, -0.2) is 55.5 Å². The lowest BCUT2D eigenvalue weighted by molar-refractivity contribution is 0.0933. The minimum Gasteiger partial charge on any atom is -0.311 e. The molecule has 0 spiro atoms. The maximum atomic E-state index is 11.4. The van der Waals surface area contributed by atoms with Gasteiger partial charge >= 0.3 is 0 Å². The zero-order valence-electron chi connectivity index (χ0n) is 12.5. The van der Waals surface area contributed by atoms with Crippen molar-refractivity contribution in [1.82, 2.24) is 10.2 Å². The number of rotatable bonds is 2. The molecule has 2 saturated heterocycles. The lowest BCUT2D eigenvalue weighted by atomic mass is 9.97. The van der Waals surface area contributed by atoms with E-state index in [0.29, 0.717) is 23.6 Å². The Bertz CT molecular complexity index is 378. The highest BCUT2D eigenvalue weighted by Gasteiger charge is 2.29. The Labute approximate surface area is 117 Å². The highest BCUT2D eigenvalue weighted by atomic mass is 32.2. The van der Waals surface area contributed by atoms with Gasteiger partial charge in [-0.3, -0.25) is 4.90 Å². The fourth-order valence-corrected chi connectivity index (χ4v) is 4.60. The topological polar surface area (TPSA) is 49.4 Å². The largest absolute Gasteiger partial charge is 0.311 e. The van der Waals surface area contributed by atoms with Gasteiger partial charge in [0.1, 0.15) is 9.84 Å². The third-order valence-electron chi connectivity index (χ3n) is 4.47. The van der Waals surface area contributed by atoms with E-state index in [1.165, 1.54) is 12.8 Å². The molecular formula is C14H28N2O2S. The van der Waals surface area contributed by atoms with Gasteiger partial charge in [0.25, 0.3) is 0 Å². The maximum Gasteiger partial charge on any atom is 0.150 e. The van der Waals surface area contributed by atoms with E-state index in [1.807, 2.05) is 0 Å². The van der Waals surface area contributed by atoms with E-state index in [9.17, 15) is 8.42 Å². The SMILES string of the molecule is CC(C)(C)N1CCC(NC2CCS(=O)(=O)CC2)CC1. The van der Waals surface area contributed by atoms with Crippen LogP contribution in [-0.2, 0) is 9.84 Å². The van der Waals surface area contributed by atoms with Gasteiger partial charge in [-0.15, -0.1) is 0 Å². The van der Waals surface area contributed by atoms with Crippen molar-refractivity contribution >= 4 is 9.84 Å². The van der Waals surface area contributed by atoms with E-state index in [0.717, 1.165) is 25.9 Å². The predicted molar refractivity (Wildman–Crippen MR) is 79.2 cm³/mol. The van der Waals surface area contributed by atoms with Crippen LogP contribution in [0.3, 0.4) is 0 Å². The quantitative estimate of drug-likeness (QED) is 0.835. The van der Waals surface area contributed by atoms with Crippen LogP contribution in [0.4, 0.5) is 0 Å². The molecule has 0 bridgehead atoms. The summed E-state index contributed by atoms with van der Waals surface area (Å²) in [5.74, 6) is 0.733. The summed E-state index contributed by atoms with van der Waals surface area (Å²) in [5.41, 5.74) is 0.268. The van der Waals surface area contributed by atoms with Gasteiger partial charge in [-0.2, -0.15) is 0 Å². The molecule has 0 amide bonds.